The van der Waals surface area contributed by atoms with Crippen molar-refractivity contribution in [1.82, 2.24) is 4.90 Å². The molecule has 0 unspecified atom stereocenters. The highest BCUT2D eigenvalue weighted by Gasteiger charge is 2.27. The Labute approximate surface area is 118 Å². The van der Waals surface area contributed by atoms with Crippen LogP contribution in [0.1, 0.15) is 32.3 Å². The number of nitro groups is 1. The molecule has 0 aliphatic carbocycles. The van der Waals surface area contributed by atoms with Crippen molar-refractivity contribution in [2.24, 2.45) is 5.92 Å². The molecule has 1 aromatic rings. The average molecular weight is 276 g/mol. The van der Waals surface area contributed by atoms with Crippen molar-refractivity contribution >= 4 is 11.6 Å². The van der Waals surface area contributed by atoms with Crippen LogP contribution < -0.4 is 0 Å². The zero-order valence-electron chi connectivity index (χ0n) is 11.9. The molecule has 5 nitrogen and oxygen atoms in total. The van der Waals surface area contributed by atoms with Crippen LogP contribution in [0.25, 0.3) is 0 Å². The van der Waals surface area contributed by atoms with Crippen molar-refractivity contribution in [2.45, 2.75) is 39.2 Å². The minimum atomic E-state index is -0.426. The smallest absolute Gasteiger partial charge is 0.273 e. The summed E-state index contributed by atoms with van der Waals surface area (Å²) in [5.74, 6) is 0.624. The van der Waals surface area contributed by atoms with Gasteiger partial charge in [-0.1, -0.05) is 25.1 Å². The van der Waals surface area contributed by atoms with Gasteiger partial charge in [0.25, 0.3) is 5.69 Å². The van der Waals surface area contributed by atoms with Crippen LogP contribution in [0, 0.1) is 16.0 Å². The van der Waals surface area contributed by atoms with E-state index in [4.69, 9.17) is 0 Å². The maximum absolute atomic E-state index is 12.4. The molecule has 1 saturated heterocycles. The van der Waals surface area contributed by atoms with Gasteiger partial charge in [-0.05, 0) is 25.7 Å². The Morgan fingerprint density at radius 1 is 1.40 bits per heavy atom. The summed E-state index contributed by atoms with van der Waals surface area (Å²) in [7, 11) is 0. The lowest BCUT2D eigenvalue weighted by atomic mass is 9.93. The van der Waals surface area contributed by atoms with Gasteiger partial charge in [0.1, 0.15) is 0 Å². The number of benzene rings is 1. The first kappa shape index (κ1) is 14.5. The highest BCUT2D eigenvalue weighted by molar-refractivity contribution is 5.80. The fraction of sp³-hybridized carbons (Fsp3) is 0.533. The number of amides is 1. The van der Waals surface area contributed by atoms with E-state index < -0.39 is 4.92 Å². The molecule has 1 aliphatic rings. The second-order valence-electron chi connectivity index (χ2n) is 5.63. The zero-order chi connectivity index (χ0) is 14.7. The first-order valence-electron chi connectivity index (χ1n) is 7.00. The van der Waals surface area contributed by atoms with Gasteiger partial charge >= 0.3 is 0 Å². The number of carbonyl (C=O) groups excluding carboxylic acids is 1. The zero-order valence-corrected chi connectivity index (χ0v) is 11.9. The summed E-state index contributed by atoms with van der Waals surface area (Å²) in [6.07, 6.45) is 2.12. The lowest BCUT2D eigenvalue weighted by Gasteiger charge is -2.36. The molecule has 1 aliphatic heterocycles. The van der Waals surface area contributed by atoms with Gasteiger partial charge in [0.15, 0.2) is 0 Å². The number of hydrogen-bond acceptors (Lipinski definition) is 3. The van der Waals surface area contributed by atoms with Crippen molar-refractivity contribution in [3.8, 4) is 0 Å². The molecule has 0 radical (unpaired) electrons. The maximum atomic E-state index is 12.4. The third-order valence-electron chi connectivity index (χ3n) is 3.99. The van der Waals surface area contributed by atoms with Gasteiger partial charge in [-0.25, -0.2) is 0 Å². The van der Waals surface area contributed by atoms with Crippen molar-refractivity contribution in [3.63, 3.8) is 0 Å². The summed E-state index contributed by atoms with van der Waals surface area (Å²) in [5, 5.41) is 11.0. The number of nitro benzene ring substituents is 1. The molecule has 1 fully saturated rings. The van der Waals surface area contributed by atoms with Crippen LogP contribution in [0.4, 0.5) is 5.69 Å². The molecule has 0 bridgehead atoms. The maximum Gasteiger partial charge on any atom is 0.273 e. The minimum absolute atomic E-state index is 0.0151. The predicted molar refractivity (Wildman–Crippen MR) is 76.4 cm³/mol. The molecule has 1 amide bonds. The molecule has 1 aromatic carbocycles. The third-order valence-corrected chi connectivity index (χ3v) is 3.99. The molecule has 108 valence electrons. The second-order valence-corrected chi connectivity index (χ2v) is 5.63. The standard InChI is InChI=1S/C15H20N2O3/c1-11-7-8-16(12(2)9-11)15(18)10-13-5-3-4-6-14(13)17(19)20/h3-6,11-12H,7-10H2,1-2H3/t11-,12-/m1/s1. The van der Waals surface area contributed by atoms with Gasteiger partial charge in [-0.15, -0.1) is 0 Å². The minimum Gasteiger partial charge on any atom is -0.340 e. The van der Waals surface area contributed by atoms with Gasteiger partial charge in [-0.2, -0.15) is 0 Å². The van der Waals surface area contributed by atoms with Crippen LogP contribution >= 0.6 is 0 Å². The molecule has 2 rings (SSSR count). The summed E-state index contributed by atoms with van der Waals surface area (Å²) in [5.41, 5.74) is 0.521. The fourth-order valence-electron chi connectivity index (χ4n) is 2.88. The van der Waals surface area contributed by atoms with E-state index >= 15 is 0 Å². The van der Waals surface area contributed by atoms with E-state index in [2.05, 4.69) is 6.92 Å². The summed E-state index contributed by atoms with van der Waals surface area (Å²) in [6.45, 7) is 5.00. The lowest BCUT2D eigenvalue weighted by molar-refractivity contribution is -0.385. The Morgan fingerprint density at radius 3 is 2.75 bits per heavy atom. The Morgan fingerprint density at radius 2 is 2.10 bits per heavy atom. The van der Waals surface area contributed by atoms with E-state index in [1.165, 1.54) is 6.07 Å². The Hall–Kier alpha value is -1.91. The summed E-state index contributed by atoms with van der Waals surface area (Å²) in [4.78, 5) is 24.8. The molecule has 0 saturated carbocycles. The van der Waals surface area contributed by atoms with Crippen LogP contribution in [0.3, 0.4) is 0 Å². The molecule has 2 atom stereocenters. The quantitative estimate of drug-likeness (QED) is 0.630. The van der Waals surface area contributed by atoms with Gasteiger partial charge in [0.05, 0.1) is 11.3 Å². The first-order valence-corrected chi connectivity index (χ1v) is 7.00. The summed E-state index contributed by atoms with van der Waals surface area (Å²) < 4.78 is 0. The Balaban J connectivity index is 2.10. The molecule has 0 spiro atoms. The Bertz CT molecular complexity index is 516. The number of piperidine rings is 1. The SMILES string of the molecule is C[C@@H]1CCN(C(=O)Cc2ccccc2[N+](=O)[O-])[C@H](C)C1. The predicted octanol–water partition coefficient (Wildman–Crippen LogP) is 2.78. The molecular weight excluding hydrogens is 256 g/mol. The number of likely N-dealkylation sites (tertiary alicyclic amines) is 1. The van der Waals surface area contributed by atoms with E-state index in [0.717, 1.165) is 19.4 Å². The van der Waals surface area contributed by atoms with Crippen molar-refractivity contribution in [1.29, 1.82) is 0 Å². The fourth-order valence-corrected chi connectivity index (χ4v) is 2.88. The first-order chi connectivity index (χ1) is 9.49. The van der Waals surface area contributed by atoms with Gasteiger partial charge in [-0.3, -0.25) is 14.9 Å². The van der Waals surface area contributed by atoms with E-state index in [1.807, 2.05) is 11.8 Å². The van der Waals surface area contributed by atoms with Crippen molar-refractivity contribution < 1.29 is 9.72 Å². The van der Waals surface area contributed by atoms with E-state index in [0.29, 0.717) is 11.5 Å². The van der Waals surface area contributed by atoms with Crippen LogP contribution in [-0.2, 0) is 11.2 Å². The average Bonchev–Trinajstić information content (AvgIpc) is 2.38. The Kier molecular flexibility index (Phi) is 4.37. The number of hydrogen-bond donors (Lipinski definition) is 0. The van der Waals surface area contributed by atoms with Crippen LogP contribution in [0.2, 0.25) is 0 Å². The van der Waals surface area contributed by atoms with Crippen molar-refractivity contribution in [2.75, 3.05) is 6.54 Å². The molecule has 5 heteroatoms. The molecular formula is C15H20N2O3. The largest absolute Gasteiger partial charge is 0.340 e. The van der Waals surface area contributed by atoms with Gasteiger partial charge in [0, 0.05) is 24.2 Å². The highest BCUT2D eigenvalue weighted by atomic mass is 16.6. The second kappa shape index (κ2) is 6.03. The molecule has 0 N–H and O–H groups in total. The normalized spacial score (nSPS) is 22.6. The lowest BCUT2D eigenvalue weighted by Crippen LogP contribution is -2.44. The summed E-state index contributed by atoms with van der Waals surface area (Å²) >= 11 is 0. The van der Waals surface area contributed by atoms with Crippen LogP contribution in [0.15, 0.2) is 24.3 Å². The topological polar surface area (TPSA) is 63.5 Å². The third kappa shape index (κ3) is 3.15. The van der Waals surface area contributed by atoms with Crippen LogP contribution in [-0.4, -0.2) is 28.3 Å². The summed E-state index contributed by atoms with van der Waals surface area (Å²) in [6, 6.07) is 6.68. The van der Waals surface area contributed by atoms with Crippen molar-refractivity contribution in [3.05, 3.63) is 39.9 Å². The number of nitrogens with zero attached hydrogens (tertiary/aromatic N) is 2. The molecule has 0 aromatic heterocycles. The number of rotatable bonds is 3. The van der Waals surface area contributed by atoms with E-state index in [9.17, 15) is 14.9 Å². The number of carbonyl (C=O) groups is 1. The molecule has 1 heterocycles. The van der Waals surface area contributed by atoms with E-state index in [1.54, 1.807) is 18.2 Å². The highest BCUT2D eigenvalue weighted by Crippen LogP contribution is 2.24. The monoisotopic (exact) mass is 276 g/mol. The van der Waals surface area contributed by atoms with Gasteiger partial charge in [0.2, 0.25) is 5.91 Å². The van der Waals surface area contributed by atoms with Crippen LogP contribution in [0.5, 0.6) is 0 Å². The molecule has 20 heavy (non-hydrogen) atoms. The van der Waals surface area contributed by atoms with Gasteiger partial charge < -0.3 is 4.90 Å². The number of para-hydroxylation sites is 1. The van der Waals surface area contributed by atoms with E-state index in [-0.39, 0.29) is 24.1 Å².